The van der Waals surface area contributed by atoms with Crippen LogP contribution in [-0.2, 0) is 11.2 Å². The summed E-state index contributed by atoms with van der Waals surface area (Å²) in [5.41, 5.74) is -0.286. The van der Waals surface area contributed by atoms with E-state index >= 15 is 0 Å². The van der Waals surface area contributed by atoms with Gasteiger partial charge in [0, 0.05) is 26.4 Å². The van der Waals surface area contributed by atoms with Crippen molar-refractivity contribution < 1.29 is 9.32 Å². The van der Waals surface area contributed by atoms with Crippen molar-refractivity contribution in [2.24, 2.45) is 5.41 Å². The van der Waals surface area contributed by atoms with Crippen LogP contribution in [0.2, 0.25) is 0 Å². The summed E-state index contributed by atoms with van der Waals surface area (Å²) < 4.78 is 4.87. The minimum atomic E-state index is -0.286. The van der Waals surface area contributed by atoms with Crippen LogP contribution in [0.5, 0.6) is 0 Å². The van der Waals surface area contributed by atoms with Gasteiger partial charge >= 0.3 is 0 Å². The molecule has 2 N–H and O–H groups in total. The highest BCUT2D eigenvalue weighted by molar-refractivity contribution is 5.82. The third-order valence-electron chi connectivity index (χ3n) is 3.35. The molecule has 0 radical (unpaired) electrons. The van der Waals surface area contributed by atoms with Crippen LogP contribution in [0.25, 0.3) is 0 Å². The van der Waals surface area contributed by atoms with Crippen molar-refractivity contribution >= 4 is 5.91 Å². The van der Waals surface area contributed by atoms with Crippen molar-refractivity contribution in [3.8, 4) is 0 Å². The van der Waals surface area contributed by atoms with Crippen molar-refractivity contribution in [2.45, 2.75) is 33.1 Å². The maximum atomic E-state index is 12.1. The number of carbonyl (C=O) groups excluding carboxylic acids is 1. The molecule has 1 fully saturated rings. The number of nitrogens with zero attached hydrogens (tertiary/aromatic N) is 2. The number of aromatic nitrogens is 2. The Morgan fingerprint density at radius 1 is 1.61 bits per heavy atom. The fourth-order valence-corrected chi connectivity index (χ4v) is 2.19. The third-order valence-corrected chi connectivity index (χ3v) is 3.35. The Hall–Kier alpha value is -1.43. The summed E-state index contributed by atoms with van der Waals surface area (Å²) in [6.07, 6.45) is 2.59. The molecule has 2 rings (SSSR count). The summed E-state index contributed by atoms with van der Waals surface area (Å²) in [4.78, 5) is 16.2. The van der Waals surface area contributed by atoms with Crippen LogP contribution in [0.1, 0.15) is 31.5 Å². The first-order valence-electron chi connectivity index (χ1n) is 6.38. The zero-order valence-electron chi connectivity index (χ0n) is 11.0. The van der Waals surface area contributed by atoms with Gasteiger partial charge in [0.15, 0.2) is 5.82 Å². The van der Waals surface area contributed by atoms with Crippen LogP contribution >= 0.6 is 0 Å². The van der Waals surface area contributed by atoms with E-state index in [0.717, 1.165) is 25.9 Å². The lowest BCUT2D eigenvalue weighted by atomic mass is 9.82. The Balaban J connectivity index is 1.77. The number of hydrogen-bond acceptors (Lipinski definition) is 5. The third kappa shape index (κ3) is 3.07. The predicted octanol–water partition coefficient (Wildman–Crippen LogP) is 0.426. The minimum Gasteiger partial charge on any atom is -0.355 e. The molecule has 0 saturated carbocycles. The van der Waals surface area contributed by atoms with Gasteiger partial charge in [-0.2, -0.15) is 4.98 Å². The summed E-state index contributed by atoms with van der Waals surface area (Å²) in [5.74, 6) is 1.30. The van der Waals surface area contributed by atoms with E-state index in [0.29, 0.717) is 24.7 Å². The van der Waals surface area contributed by atoms with Gasteiger partial charge in [-0.25, -0.2) is 0 Å². The lowest BCUT2D eigenvalue weighted by Crippen LogP contribution is -2.49. The highest BCUT2D eigenvalue weighted by atomic mass is 16.5. The van der Waals surface area contributed by atoms with Crippen LogP contribution in [0, 0.1) is 12.3 Å². The monoisotopic (exact) mass is 252 g/mol. The SMILES string of the molecule is Cc1nc(CCNC(=O)C2(C)CCCNC2)no1. The molecule has 100 valence electrons. The van der Waals surface area contributed by atoms with Crippen LogP contribution in [-0.4, -0.2) is 35.7 Å². The van der Waals surface area contributed by atoms with Crippen LogP contribution in [0.4, 0.5) is 0 Å². The molecule has 6 heteroatoms. The number of amides is 1. The lowest BCUT2D eigenvalue weighted by molar-refractivity contribution is -0.131. The van der Waals surface area contributed by atoms with E-state index < -0.39 is 0 Å². The lowest BCUT2D eigenvalue weighted by Gasteiger charge is -2.32. The van der Waals surface area contributed by atoms with E-state index in [1.807, 2.05) is 6.92 Å². The van der Waals surface area contributed by atoms with Gasteiger partial charge in [-0.05, 0) is 26.3 Å². The molecule has 2 heterocycles. The molecule has 1 atom stereocenters. The molecular weight excluding hydrogens is 232 g/mol. The second-order valence-corrected chi connectivity index (χ2v) is 5.08. The second-order valence-electron chi connectivity index (χ2n) is 5.08. The molecule has 6 nitrogen and oxygen atoms in total. The summed E-state index contributed by atoms with van der Waals surface area (Å²) in [6, 6.07) is 0. The van der Waals surface area contributed by atoms with E-state index in [1.54, 1.807) is 6.92 Å². The van der Waals surface area contributed by atoms with Crippen molar-refractivity contribution in [3.05, 3.63) is 11.7 Å². The Kier molecular flexibility index (Phi) is 3.96. The Labute approximate surface area is 107 Å². The van der Waals surface area contributed by atoms with E-state index in [9.17, 15) is 4.79 Å². The zero-order valence-corrected chi connectivity index (χ0v) is 11.0. The highest BCUT2D eigenvalue weighted by Crippen LogP contribution is 2.25. The fraction of sp³-hybridized carbons (Fsp3) is 0.750. The molecule has 18 heavy (non-hydrogen) atoms. The van der Waals surface area contributed by atoms with E-state index in [-0.39, 0.29) is 11.3 Å². The summed E-state index contributed by atoms with van der Waals surface area (Å²) in [7, 11) is 0. The van der Waals surface area contributed by atoms with Gasteiger partial charge in [-0.3, -0.25) is 4.79 Å². The summed E-state index contributed by atoms with van der Waals surface area (Å²) in [5, 5.41) is 10.0. The second kappa shape index (κ2) is 5.48. The quantitative estimate of drug-likeness (QED) is 0.812. The number of hydrogen-bond donors (Lipinski definition) is 2. The maximum Gasteiger partial charge on any atom is 0.227 e. The predicted molar refractivity (Wildman–Crippen MR) is 66.0 cm³/mol. The number of nitrogens with one attached hydrogen (secondary N) is 2. The topological polar surface area (TPSA) is 80.0 Å². The highest BCUT2D eigenvalue weighted by Gasteiger charge is 2.34. The van der Waals surface area contributed by atoms with Gasteiger partial charge in [-0.15, -0.1) is 0 Å². The molecule has 1 unspecified atom stereocenters. The van der Waals surface area contributed by atoms with E-state index in [4.69, 9.17) is 4.52 Å². The molecule has 0 spiro atoms. The van der Waals surface area contributed by atoms with Gasteiger partial charge in [0.25, 0.3) is 0 Å². The summed E-state index contributed by atoms with van der Waals surface area (Å²) in [6.45, 7) is 6.06. The first-order chi connectivity index (χ1) is 8.60. The van der Waals surface area contributed by atoms with Gasteiger partial charge in [0.2, 0.25) is 11.8 Å². The number of aryl methyl sites for hydroxylation is 1. The van der Waals surface area contributed by atoms with Gasteiger partial charge in [-0.1, -0.05) is 5.16 Å². The Morgan fingerprint density at radius 2 is 2.44 bits per heavy atom. The van der Waals surface area contributed by atoms with E-state index in [2.05, 4.69) is 20.8 Å². The number of carbonyl (C=O) groups is 1. The molecule has 1 amide bonds. The molecule has 1 aliphatic rings. The maximum absolute atomic E-state index is 12.1. The smallest absolute Gasteiger partial charge is 0.227 e. The minimum absolute atomic E-state index is 0.106. The number of piperidine rings is 1. The number of rotatable bonds is 4. The van der Waals surface area contributed by atoms with Gasteiger partial charge < -0.3 is 15.2 Å². The van der Waals surface area contributed by atoms with Crippen molar-refractivity contribution in [3.63, 3.8) is 0 Å². The average molecular weight is 252 g/mol. The first-order valence-corrected chi connectivity index (χ1v) is 6.38. The Morgan fingerprint density at radius 3 is 3.06 bits per heavy atom. The normalized spacial score (nSPS) is 23.9. The molecule has 1 aliphatic heterocycles. The van der Waals surface area contributed by atoms with Crippen LogP contribution in [0.15, 0.2) is 4.52 Å². The molecular formula is C12H20N4O2. The van der Waals surface area contributed by atoms with Gasteiger partial charge in [0.05, 0.1) is 5.41 Å². The van der Waals surface area contributed by atoms with Crippen LogP contribution in [0.3, 0.4) is 0 Å². The van der Waals surface area contributed by atoms with Crippen molar-refractivity contribution in [1.29, 1.82) is 0 Å². The summed E-state index contributed by atoms with van der Waals surface area (Å²) >= 11 is 0. The average Bonchev–Trinajstić information content (AvgIpc) is 2.76. The van der Waals surface area contributed by atoms with Crippen molar-refractivity contribution in [2.75, 3.05) is 19.6 Å². The van der Waals surface area contributed by atoms with Crippen LogP contribution < -0.4 is 10.6 Å². The molecule has 1 aromatic heterocycles. The molecule has 0 aliphatic carbocycles. The fourth-order valence-electron chi connectivity index (χ4n) is 2.19. The van der Waals surface area contributed by atoms with Gasteiger partial charge in [0.1, 0.15) is 0 Å². The van der Waals surface area contributed by atoms with Crippen molar-refractivity contribution in [1.82, 2.24) is 20.8 Å². The zero-order chi connectivity index (χ0) is 13.0. The largest absolute Gasteiger partial charge is 0.355 e. The standard InChI is InChI=1S/C12H20N4O2/c1-9-15-10(16-18-9)4-7-14-11(17)12(2)5-3-6-13-8-12/h13H,3-8H2,1-2H3,(H,14,17). The molecule has 1 aromatic rings. The Bertz CT molecular complexity index is 410. The molecule has 1 saturated heterocycles. The first kappa shape index (κ1) is 13.0. The molecule has 0 aromatic carbocycles. The van der Waals surface area contributed by atoms with E-state index in [1.165, 1.54) is 0 Å². The molecule has 0 bridgehead atoms.